The van der Waals surface area contributed by atoms with Crippen LogP contribution in [0.25, 0.3) is 0 Å². The van der Waals surface area contributed by atoms with Crippen LogP contribution in [-0.4, -0.2) is 68.3 Å². The van der Waals surface area contributed by atoms with E-state index in [0.717, 1.165) is 45.2 Å². The average Bonchev–Trinajstić information content (AvgIpc) is 2.74. The summed E-state index contributed by atoms with van der Waals surface area (Å²) < 4.78 is 10.0. The van der Waals surface area contributed by atoms with Crippen LogP contribution in [0.15, 0.2) is 42.6 Å². The van der Waals surface area contributed by atoms with Gasteiger partial charge in [0.15, 0.2) is 0 Å². The van der Waals surface area contributed by atoms with E-state index >= 15 is 0 Å². The van der Waals surface area contributed by atoms with E-state index in [9.17, 15) is 9.59 Å². The van der Waals surface area contributed by atoms with Crippen LogP contribution in [0.4, 0.5) is 11.5 Å². The Morgan fingerprint density at radius 1 is 1.18 bits per heavy atom. The van der Waals surface area contributed by atoms with Gasteiger partial charge in [0, 0.05) is 38.1 Å². The zero-order valence-electron chi connectivity index (χ0n) is 15.8. The first-order valence-electron chi connectivity index (χ1n) is 9.15. The standard InChI is InChI=1S/C20H24N4O4/c1-27-20(26)15-3-2-4-17(13-15)23-19(25)16-5-6-18(22-14-16)21-7-8-24-9-11-28-12-10-24/h2-6,13-14H,7-12H2,1H3,(H,21,22)(H,23,25). The molecule has 1 aliphatic heterocycles. The van der Waals surface area contributed by atoms with E-state index < -0.39 is 5.97 Å². The normalized spacial score (nSPS) is 14.3. The number of ether oxygens (including phenoxy) is 2. The van der Waals surface area contributed by atoms with Gasteiger partial charge in [-0.25, -0.2) is 9.78 Å². The number of morpholine rings is 1. The highest BCUT2D eigenvalue weighted by atomic mass is 16.5. The lowest BCUT2D eigenvalue weighted by molar-refractivity contribution is 0.0398. The number of amides is 1. The molecular weight excluding hydrogens is 360 g/mol. The first-order chi connectivity index (χ1) is 13.7. The maximum Gasteiger partial charge on any atom is 0.337 e. The van der Waals surface area contributed by atoms with E-state index in [-0.39, 0.29) is 5.91 Å². The Morgan fingerprint density at radius 3 is 2.71 bits per heavy atom. The zero-order chi connectivity index (χ0) is 19.8. The molecule has 28 heavy (non-hydrogen) atoms. The van der Waals surface area contributed by atoms with Gasteiger partial charge in [-0.3, -0.25) is 9.69 Å². The van der Waals surface area contributed by atoms with Gasteiger partial charge < -0.3 is 20.1 Å². The molecule has 1 fully saturated rings. The summed E-state index contributed by atoms with van der Waals surface area (Å²) in [5.74, 6) is -0.0304. The fourth-order valence-corrected chi connectivity index (χ4v) is 2.84. The monoisotopic (exact) mass is 384 g/mol. The van der Waals surface area contributed by atoms with Gasteiger partial charge >= 0.3 is 5.97 Å². The second-order valence-electron chi connectivity index (χ2n) is 6.34. The topological polar surface area (TPSA) is 92.8 Å². The molecule has 0 saturated carbocycles. The van der Waals surface area contributed by atoms with Crippen molar-refractivity contribution in [3.63, 3.8) is 0 Å². The number of nitrogens with one attached hydrogen (secondary N) is 2. The number of hydrogen-bond acceptors (Lipinski definition) is 7. The molecule has 0 bridgehead atoms. The minimum atomic E-state index is -0.453. The highest BCUT2D eigenvalue weighted by Gasteiger charge is 2.11. The van der Waals surface area contributed by atoms with E-state index in [4.69, 9.17) is 4.74 Å². The minimum absolute atomic E-state index is 0.297. The van der Waals surface area contributed by atoms with Gasteiger partial charge in [-0.15, -0.1) is 0 Å². The number of rotatable bonds is 7. The van der Waals surface area contributed by atoms with Gasteiger partial charge in [0.25, 0.3) is 5.91 Å². The summed E-state index contributed by atoms with van der Waals surface area (Å²) in [6.07, 6.45) is 1.52. The number of carbonyl (C=O) groups is 2. The third-order valence-corrected chi connectivity index (χ3v) is 4.41. The lowest BCUT2D eigenvalue weighted by atomic mass is 10.2. The van der Waals surface area contributed by atoms with Crippen molar-refractivity contribution < 1.29 is 19.1 Å². The third kappa shape index (κ3) is 5.51. The molecule has 2 aromatic rings. The SMILES string of the molecule is COC(=O)c1cccc(NC(=O)c2ccc(NCCN3CCOCC3)nc2)c1. The maximum absolute atomic E-state index is 12.4. The first kappa shape index (κ1) is 19.8. The van der Waals surface area contributed by atoms with Gasteiger partial charge in [0.1, 0.15) is 5.82 Å². The number of benzene rings is 1. The molecule has 1 aromatic heterocycles. The fraction of sp³-hybridized carbons (Fsp3) is 0.350. The molecule has 0 radical (unpaired) electrons. The molecule has 1 aliphatic rings. The third-order valence-electron chi connectivity index (χ3n) is 4.41. The van der Waals surface area contributed by atoms with Crippen LogP contribution in [0, 0.1) is 0 Å². The quantitative estimate of drug-likeness (QED) is 0.704. The smallest absolute Gasteiger partial charge is 0.337 e. The summed E-state index contributed by atoms with van der Waals surface area (Å²) in [6, 6.07) is 10.1. The molecule has 0 atom stereocenters. The second-order valence-corrected chi connectivity index (χ2v) is 6.34. The van der Waals surface area contributed by atoms with Crippen LogP contribution in [0.1, 0.15) is 20.7 Å². The van der Waals surface area contributed by atoms with Crippen LogP contribution >= 0.6 is 0 Å². The van der Waals surface area contributed by atoms with Gasteiger partial charge in [-0.1, -0.05) is 6.07 Å². The van der Waals surface area contributed by atoms with E-state index in [1.54, 1.807) is 36.4 Å². The van der Waals surface area contributed by atoms with Crippen molar-refractivity contribution in [1.82, 2.24) is 9.88 Å². The van der Waals surface area contributed by atoms with Gasteiger partial charge in [-0.05, 0) is 30.3 Å². The van der Waals surface area contributed by atoms with Crippen LogP contribution in [0.3, 0.4) is 0 Å². The van der Waals surface area contributed by atoms with Crippen LogP contribution in [-0.2, 0) is 9.47 Å². The Kier molecular flexibility index (Phi) is 6.94. The molecule has 8 nitrogen and oxygen atoms in total. The number of hydrogen-bond donors (Lipinski definition) is 2. The number of carbonyl (C=O) groups excluding carboxylic acids is 2. The van der Waals surface area contributed by atoms with Crippen molar-refractivity contribution in [2.75, 3.05) is 57.1 Å². The molecule has 8 heteroatoms. The number of aromatic nitrogens is 1. The average molecular weight is 384 g/mol. The Bertz CT molecular complexity index is 804. The summed E-state index contributed by atoms with van der Waals surface area (Å²) in [5, 5.41) is 6.02. The predicted molar refractivity (Wildman–Crippen MR) is 106 cm³/mol. The minimum Gasteiger partial charge on any atom is -0.465 e. The Labute approximate surface area is 163 Å². The first-order valence-corrected chi connectivity index (χ1v) is 9.15. The zero-order valence-corrected chi connectivity index (χ0v) is 15.8. The summed E-state index contributed by atoms with van der Waals surface area (Å²) in [4.78, 5) is 30.6. The summed E-state index contributed by atoms with van der Waals surface area (Å²) in [7, 11) is 1.32. The largest absolute Gasteiger partial charge is 0.465 e. The molecule has 0 unspecified atom stereocenters. The Morgan fingerprint density at radius 2 is 2.00 bits per heavy atom. The number of methoxy groups -OCH3 is 1. The molecule has 148 valence electrons. The van der Waals surface area contributed by atoms with Crippen molar-refractivity contribution in [3.8, 4) is 0 Å². The van der Waals surface area contributed by atoms with Crippen LogP contribution in [0.5, 0.6) is 0 Å². The predicted octanol–water partition coefficient (Wildman–Crippen LogP) is 1.86. The van der Waals surface area contributed by atoms with E-state index in [1.165, 1.54) is 13.3 Å². The lowest BCUT2D eigenvalue weighted by Crippen LogP contribution is -2.39. The molecule has 3 rings (SSSR count). The number of pyridine rings is 1. The van der Waals surface area contributed by atoms with E-state index in [1.807, 2.05) is 0 Å². The van der Waals surface area contributed by atoms with Gasteiger partial charge in [0.05, 0.1) is 31.5 Å². The van der Waals surface area contributed by atoms with Crippen molar-refractivity contribution in [2.24, 2.45) is 0 Å². The lowest BCUT2D eigenvalue weighted by Gasteiger charge is -2.26. The molecule has 1 aromatic carbocycles. The molecule has 2 N–H and O–H groups in total. The van der Waals surface area contributed by atoms with E-state index in [2.05, 4.69) is 25.3 Å². The van der Waals surface area contributed by atoms with Crippen molar-refractivity contribution in [3.05, 3.63) is 53.7 Å². The summed E-state index contributed by atoms with van der Waals surface area (Å²) in [5.41, 5.74) is 1.32. The fourth-order valence-electron chi connectivity index (χ4n) is 2.84. The van der Waals surface area contributed by atoms with Crippen LogP contribution in [0.2, 0.25) is 0 Å². The van der Waals surface area contributed by atoms with Crippen molar-refractivity contribution in [2.45, 2.75) is 0 Å². The van der Waals surface area contributed by atoms with E-state index in [0.29, 0.717) is 16.8 Å². The van der Waals surface area contributed by atoms with Crippen LogP contribution < -0.4 is 10.6 Å². The number of nitrogens with zero attached hydrogens (tertiary/aromatic N) is 2. The molecular formula is C20H24N4O4. The number of anilines is 2. The highest BCUT2D eigenvalue weighted by Crippen LogP contribution is 2.14. The van der Waals surface area contributed by atoms with Crippen molar-refractivity contribution >= 4 is 23.4 Å². The molecule has 0 aliphatic carbocycles. The second kappa shape index (κ2) is 9.82. The summed E-state index contributed by atoms with van der Waals surface area (Å²) >= 11 is 0. The molecule has 0 spiro atoms. The molecule has 2 heterocycles. The maximum atomic E-state index is 12.4. The van der Waals surface area contributed by atoms with Gasteiger partial charge in [0.2, 0.25) is 0 Å². The van der Waals surface area contributed by atoms with Crippen molar-refractivity contribution in [1.29, 1.82) is 0 Å². The van der Waals surface area contributed by atoms with Gasteiger partial charge in [-0.2, -0.15) is 0 Å². The Hall–Kier alpha value is -2.97. The summed E-state index contributed by atoms with van der Waals surface area (Å²) in [6.45, 7) is 5.16. The highest BCUT2D eigenvalue weighted by molar-refractivity contribution is 6.04. The molecule has 1 amide bonds. The molecule has 1 saturated heterocycles. The number of esters is 1. The Balaban J connectivity index is 1.51.